The summed E-state index contributed by atoms with van der Waals surface area (Å²) in [4.78, 5) is 16.0. The second-order valence-electron chi connectivity index (χ2n) is 4.24. The minimum absolute atomic E-state index is 0.0429. The predicted molar refractivity (Wildman–Crippen MR) is 67.0 cm³/mol. The number of sulfone groups is 1. The molecule has 17 heavy (non-hydrogen) atoms. The molecule has 0 fully saturated rings. The number of Topliss-reactive ketones (excluding diaryl/α,β-unsaturated/α-hetero) is 1. The van der Waals surface area contributed by atoms with Crippen LogP contribution in [0.1, 0.15) is 34.6 Å². The molecule has 0 saturated heterocycles. The molecule has 1 aromatic heterocycles. The zero-order valence-corrected chi connectivity index (χ0v) is 11.2. The van der Waals surface area contributed by atoms with Crippen LogP contribution in [0.3, 0.4) is 0 Å². The van der Waals surface area contributed by atoms with Crippen LogP contribution in [0.25, 0.3) is 0 Å². The Morgan fingerprint density at radius 3 is 2.47 bits per heavy atom. The van der Waals surface area contributed by atoms with Crippen molar-refractivity contribution in [2.24, 2.45) is 0 Å². The van der Waals surface area contributed by atoms with Crippen molar-refractivity contribution in [3.63, 3.8) is 0 Å². The molecular weight excluding hydrogens is 238 g/mol. The maximum absolute atomic E-state index is 11.8. The summed E-state index contributed by atoms with van der Waals surface area (Å²) < 4.78 is 21.9. The summed E-state index contributed by atoms with van der Waals surface area (Å²) in [6, 6.07) is 3.54. The number of hydrogen-bond donors (Lipinski definition) is 0. The molecular formula is C12H17NO3S. The second kappa shape index (κ2) is 5.40. The third-order valence-electron chi connectivity index (χ3n) is 2.44. The van der Waals surface area contributed by atoms with Crippen LogP contribution in [0.15, 0.2) is 12.1 Å². The highest BCUT2D eigenvalue weighted by Gasteiger charge is 2.11. The number of hydrogen-bond acceptors (Lipinski definition) is 4. The first-order valence-corrected chi connectivity index (χ1v) is 7.51. The molecule has 0 aliphatic rings. The molecule has 0 amide bonds. The van der Waals surface area contributed by atoms with Gasteiger partial charge in [-0.1, -0.05) is 0 Å². The first kappa shape index (κ1) is 13.8. The quantitative estimate of drug-likeness (QED) is 0.751. The maximum atomic E-state index is 11.8. The molecule has 0 bridgehead atoms. The van der Waals surface area contributed by atoms with E-state index in [2.05, 4.69) is 4.98 Å². The van der Waals surface area contributed by atoms with Gasteiger partial charge in [-0.3, -0.25) is 9.78 Å². The lowest BCUT2D eigenvalue weighted by molar-refractivity contribution is 0.0981. The lowest BCUT2D eigenvalue weighted by atomic mass is 10.1. The van der Waals surface area contributed by atoms with Crippen molar-refractivity contribution in [2.75, 3.05) is 12.0 Å². The lowest BCUT2D eigenvalue weighted by Gasteiger charge is -2.04. The van der Waals surface area contributed by atoms with Gasteiger partial charge in [0.05, 0.1) is 5.75 Å². The van der Waals surface area contributed by atoms with Crippen LogP contribution in [0, 0.1) is 13.8 Å². The monoisotopic (exact) mass is 255 g/mol. The molecule has 0 aromatic carbocycles. The minimum atomic E-state index is -2.99. The molecule has 0 radical (unpaired) electrons. The van der Waals surface area contributed by atoms with Crippen molar-refractivity contribution < 1.29 is 13.2 Å². The van der Waals surface area contributed by atoms with Crippen molar-refractivity contribution in [2.45, 2.75) is 26.7 Å². The number of aromatic nitrogens is 1. The summed E-state index contributed by atoms with van der Waals surface area (Å²) in [5.74, 6) is 0.00974. The first-order chi connectivity index (χ1) is 7.79. The summed E-state index contributed by atoms with van der Waals surface area (Å²) in [6.07, 6.45) is 1.79. The van der Waals surface area contributed by atoms with E-state index < -0.39 is 9.84 Å². The lowest BCUT2D eigenvalue weighted by Crippen LogP contribution is -2.08. The topological polar surface area (TPSA) is 64.1 Å². The summed E-state index contributed by atoms with van der Waals surface area (Å²) in [7, 11) is -2.99. The summed E-state index contributed by atoms with van der Waals surface area (Å²) in [6.45, 7) is 3.65. The van der Waals surface area contributed by atoms with E-state index >= 15 is 0 Å². The maximum Gasteiger partial charge on any atom is 0.164 e. The zero-order valence-electron chi connectivity index (χ0n) is 10.4. The number of nitrogens with zero attached hydrogens (tertiary/aromatic N) is 1. The molecule has 0 unspecified atom stereocenters. The SMILES string of the molecule is Cc1ccc(C(=O)CCCS(C)(=O)=O)c(C)n1. The Kier molecular flexibility index (Phi) is 4.40. The fourth-order valence-corrected chi connectivity index (χ4v) is 2.28. The molecule has 94 valence electrons. The Morgan fingerprint density at radius 2 is 1.94 bits per heavy atom. The average Bonchev–Trinajstić information content (AvgIpc) is 2.15. The predicted octanol–water partition coefficient (Wildman–Crippen LogP) is 1.71. The van der Waals surface area contributed by atoms with Gasteiger partial charge in [0, 0.05) is 29.6 Å². The summed E-state index contributed by atoms with van der Waals surface area (Å²) in [5, 5.41) is 0. The third kappa shape index (κ3) is 4.65. The van der Waals surface area contributed by atoms with Gasteiger partial charge in [-0.2, -0.15) is 0 Å². The van der Waals surface area contributed by atoms with Crippen LogP contribution >= 0.6 is 0 Å². The van der Waals surface area contributed by atoms with E-state index in [1.807, 2.05) is 6.92 Å². The Morgan fingerprint density at radius 1 is 1.29 bits per heavy atom. The summed E-state index contributed by atoms with van der Waals surface area (Å²) in [5.41, 5.74) is 2.16. The van der Waals surface area contributed by atoms with Gasteiger partial charge in [0.1, 0.15) is 9.84 Å². The van der Waals surface area contributed by atoms with E-state index in [1.165, 1.54) is 6.26 Å². The fourth-order valence-electron chi connectivity index (χ4n) is 1.61. The van der Waals surface area contributed by atoms with Crippen LogP contribution < -0.4 is 0 Å². The molecule has 1 rings (SSSR count). The van der Waals surface area contributed by atoms with Crippen LogP contribution in [-0.2, 0) is 9.84 Å². The number of pyridine rings is 1. The number of carbonyl (C=O) groups excluding carboxylic acids is 1. The van der Waals surface area contributed by atoms with Gasteiger partial charge >= 0.3 is 0 Å². The van der Waals surface area contributed by atoms with Crippen LogP contribution in [0.5, 0.6) is 0 Å². The number of ketones is 1. The highest BCUT2D eigenvalue weighted by atomic mass is 32.2. The molecule has 0 aliphatic carbocycles. The molecule has 4 nitrogen and oxygen atoms in total. The normalized spacial score (nSPS) is 11.5. The van der Waals surface area contributed by atoms with Crippen LogP contribution in [0.2, 0.25) is 0 Å². The largest absolute Gasteiger partial charge is 0.294 e. The number of aryl methyl sites for hydroxylation is 2. The second-order valence-corrected chi connectivity index (χ2v) is 6.50. The summed E-state index contributed by atoms with van der Waals surface area (Å²) >= 11 is 0. The first-order valence-electron chi connectivity index (χ1n) is 5.45. The van der Waals surface area contributed by atoms with Gasteiger partial charge in [0.25, 0.3) is 0 Å². The van der Waals surface area contributed by atoms with E-state index in [-0.39, 0.29) is 18.0 Å². The third-order valence-corrected chi connectivity index (χ3v) is 3.47. The fraction of sp³-hybridized carbons (Fsp3) is 0.500. The molecule has 0 atom stereocenters. The van der Waals surface area contributed by atoms with E-state index in [4.69, 9.17) is 0 Å². The van der Waals surface area contributed by atoms with Gasteiger partial charge in [-0.25, -0.2) is 8.42 Å². The van der Waals surface area contributed by atoms with Gasteiger partial charge < -0.3 is 0 Å². The molecule has 1 aromatic rings. The molecule has 0 N–H and O–H groups in total. The molecule has 0 saturated carbocycles. The minimum Gasteiger partial charge on any atom is -0.294 e. The van der Waals surface area contributed by atoms with Gasteiger partial charge in [-0.05, 0) is 32.4 Å². The Balaban J connectivity index is 2.65. The smallest absolute Gasteiger partial charge is 0.164 e. The van der Waals surface area contributed by atoms with Gasteiger partial charge in [0.2, 0.25) is 0 Å². The van der Waals surface area contributed by atoms with Gasteiger partial charge in [0.15, 0.2) is 5.78 Å². The van der Waals surface area contributed by atoms with Crippen molar-refractivity contribution in [1.29, 1.82) is 0 Å². The molecule has 1 heterocycles. The van der Waals surface area contributed by atoms with Gasteiger partial charge in [-0.15, -0.1) is 0 Å². The number of rotatable bonds is 5. The van der Waals surface area contributed by atoms with E-state index in [0.717, 1.165) is 5.69 Å². The highest BCUT2D eigenvalue weighted by molar-refractivity contribution is 7.90. The van der Waals surface area contributed by atoms with E-state index in [9.17, 15) is 13.2 Å². The number of carbonyl (C=O) groups is 1. The van der Waals surface area contributed by atoms with Crippen molar-refractivity contribution in [1.82, 2.24) is 4.98 Å². The Hall–Kier alpha value is -1.23. The van der Waals surface area contributed by atoms with Crippen LogP contribution in [-0.4, -0.2) is 31.2 Å². The van der Waals surface area contributed by atoms with E-state index in [0.29, 0.717) is 17.7 Å². The Labute approximate surface area is 102 Å². The molecule has 0 aliphatic heterocycles. The van der Waals surface area contributed by atoms with Crippen molar-refractivity contribution in [3.8, 4) is 0 Å². The van der Waals surface area contributed by atoms with Crippen molar-refractivity contribution in [3.05, 3.63) is 29.1 Å². The average molecular weight is 255 g/mol. The molecule has 5 heteroatoms. The highest BCUT2D eigenvalue weighted by Crippen LogP contribution is 2.10. The Bertz CT molecular complexity index is 521. The standard InChI is InChI=1S/C12H17NO3S/c1-9-6-7-11(10(2)13-9)12(14)5-4-8-17(3,15)16/h6-7H,4-5,8H2,1-3H3. The van der Waals surface area contributed by atoms with Crippen molar-refractivity contribution >= 4 is 15.6 Å². The zero-order chi connectivity index (χ0) is 13.1. The molecule has 0 spiro atoms. The van der Waals surface area contributed by atoms with E-state index in [1.54, 1.807) is 19.1 Å². The van der Waals surface area contributed by atoms with Crippen LogP contribution in [0.4, 0.5) is 0 Å².